The summed E-state index contributed by atoms with van der Waals surface area (Å²) < 4.78 is 0. The third-order valence-electron chi connectivity index (χ3n) is 4.04. The molecular weight excluding hydrogens is 268 g/mol. The Labute approximate surface area is 131 Å². The summed E-state index contributed by atoms with van der Waals surface area (Å²) in [6.07, 6.45) is 9.87. The number of fused-ring (bicyclic) bond motifs is 1. The van der Waals surface area contributed by atoms with Gasteiger partial charge in [0.2, 0.25) is 0 Å². The van der Waals surface area contributed by atoms with Crippen LogP contribution in [-0.2, 0) is 0 Å². The van der Waals surface area contributed by atoms with Gasteiger partial charge in [0.15, 0.2) is 0 Å². The second kappa shape index (κ2) is 5.45. The van der Waals surface area contributed by atoms with Crippen LogP contribution in [0, 0.1) is 31.1 Å². The van der Waals surface area contributed by atoms with E-state index in [4.69, 9.17) is 5.73 Å². The summed E-state index contributed by atoms with van der Waals surface area (Å²) in [5.41, 5.74) is 9.09. The Hall–Kier alpha value is -2.35. The molecular formula is C20H15N2. The van der Waals surface area contributed by atoms with Gasteiger partial charge < -0.3 is 5.73 Å². The van der Waals surface area contributed by atoms with Crippen LogP contribution in [0.2, 0.25) is 0 Å². The van der Waals surface area contributed by atoms with E-state index < -0.39 is 0 Å². The third-order valence-corrected chi connectivity index (χ3v) is 4.04. The molecule has 0 atom stereocenters. The fourth-order valence-corrected chi connectivity index (χ4v) is 2.98. The van der Waals surface area contributed by atoms with Gasteiger partial charge in [0.05, 0.1) is 0 Å². The van der Waals surface area contributed by atoms with Crippen LogP contribution in [0.15, 0.2) is 60.9 Å². The number of nitrogens with zero attached hydrogens (tertiary/aromatic N) is 1. The maximum atomic E-state index is 6.13. The molecule has 2 heteroatoms. The fourth-order valence-electron chi connectivity index (χ4n) is 2.98. The summed E-state index contributed by atoms with van der Waals surface area (Å²) >= 11 is 0. The van der Waals surface area contributed by atoms with E-state index in [1.54, 1.807) is 6.20 Å². The van der Waals surface area contributed by atoms with E-state index in [0.717, 1.165) is 17.2 Å². The Kier molecular flexibility index (Phi) is 3.30. The van der Waals surface area contributed by atoms with E-state index in [1.807, 2.05) is 12.3 Å². The van der Waals surface area contributed by atoms with E-state index in [2.05, 4.69) is 66.7 Å². The van der Waals surface area contributed by atoms with E-state index in [9.17, 15) is 0 Å². The lowest BCUT2D eigenvalue weighted by atomic mass is 9.82. The Balaban J connectivity index is 1.82. The molecule has 0 spiro atoms. The molecule has 1 heterocycles. The molecule has 2 aromatic carbocycles. The van der Waals surface area contributed by atoms with Gasteiger partial charge >= 0.3 is 0 Å². The number of rotatable bonds is 2. The summed E-state index contributed by atoms with van der Waals surface area (Å²) in [7, 11) is 0. The van der Waals surface area contributed by atoms with Crippen molar-refractivity contribution >= 4 is 16.5 Å². The van der Waals surface area contributed by atoms with Crippen LogP contribution < -0.4 is 5.73 Å². The lowest BCUT2D eigenvalue weighted by Crippen LogP contribution is -2.10. The number of nitrogen functional groups attached to an aromatic ring is 1. The van der Waals surface area contributed by atoms with Gasteiger partial charge in [-0.05, 0) is 41.7 Å². The van der Waals surface area contributed by atoms with Crippen molar-refractivity contribution in [1.82, 2.24) is 4.98 Å². The predicted octanol–water partition coefficient (Wildman–Crippen LogP) is 3.99. The highest BCUT2D eigenvalue weighted by atomic mass is 14.7. The highest BCUT2D eigenvalue weighted by Gasteiger charge is 2.33. The van der Waals surface area contributed by atoms with Gasteiger partial charge in [-0.2, -0.15) is 0 Å². The van der Waals surface area contributed by atoms with Crippen LogP contribution in [0.25, 0.3) is 10.8 Å². The molecule has 1 fully saturated rings. The van der Waals surface area contributed by atoms with E-state index in [0.29, 0.717) is 0 Å². The van der Waals surface area contributed by atoms with Gasteiger partial charge in [-0.3, -0.25) is 4.98 Å². The topological polar surface area (TPSA) is 38.9 Å². The zero-order valence-electron chi connectivity index (χ0n) is 12.0. The van der Waals surface area contributed by atoms with Crippen molar-refractivity contribution in [3.63, 3.8) is 0 Å². The number of anilines is 1. The average molecular weight is 283 g/mol. The van der Waals surface area contributed by atoms with Crippen LogP contribution in [-0.4, -0.2) is 4.98 Å². The van der Waals surface area contributed by atoms with Crippen LogP contribution >= 0.6 is 0 Å². The highest BCUT2D eigenvalue weighted by Crippen LogP contribution is 2.45. The molecule has 2 nitrogen and oxygen atoms in total. The Morgan fingerprint density at radius 3 is 2.41 bits per heavy atom. The number of hydrogen-bond acceptors (Lipinski definition) is 2. The first kappa shape index (κ1) is 13.3. The molecule has 0 amide bonds. The van der Waals surface area contributed by atoms with Crippen molar-refractivity contribution in [2.75, 3.05) is 5.73 Å². The first-order valence-corrected chi connectivity index (χ1v) is 7.28. The monoisotopic (exact) mass is 283 g/mol. The molecule has 1 aromatic heterocycles. The molecule has 0 unspecified atom stereocenters. The molecule has 0 saturated heterocycles. The number of benzene rings is 2. The molecule has 4 rings (SSSR count). The first-order chi connectivity index (χ1) is 10.8. The molecule has 3 aromatic rings. The van der Waals surface area contributed by atoms with E-state index in [1.165, 1.54) is 22.3 Å². The predicted molar refractivity (Wildman–Crippen MR) is 90.2 cm³/mol. The van der Waals surface area contributed by atoms with Gasteiger partial charge in [-0.1, -0.05) is 42.5 Å². The second-order valence-electron chi connectivity index (χ2n) is 5.34. The van der Waals surface area contributed by atoms with Crippen LogP contribution in [0.5, 0.6) is 0 Å². The molecule has 2 N–H and O–H groups in total. The Morgan fingerprint density at radius 1 is 0.773 bits per heavy atom. The molecule has 1 aliphatic carbocycles. The van der Waals surface area contributed by atoms with Gasteiger partial charge in [0.25, 0.3) is 0 Å². The van der Waals surface area contributed by atoms with Crippen molar-refractivity contribution in [2.45, 2.75) is 0 Å². The normalized spacial score (nSPS) is 16.4. The smallest absolute Gasteiger partial charge is 0.0384 e. The average Bonchev–Trinajstić information content (AvgIpc) is 3.04. The van der Waals surface area contributed by atoms with Gasteiger partial charge in [-0.25, -0.2) is 0 Å². The zero-order valence-corrected chi connectivity index (χ0v) is 12.0. The molecule has 105 valence electrons. The second-order valence-corrected chi connectivity index (χ2v) is 5.34. The van der Waals surface area contributed by atoms with E-state index >= 15 is 0 Å². The number of nitrogens with two attached hydrogens (primary N) is 1. The van der Waals surface area contributed by atoms with Crippen molar-refractivity contribution in [3.05, 3.63) is 103 Å². The SMILES string of the molecule is Nc1ccncc1[C]1[CH][CH][CH][C]1c1cccc2ccccc12. The Morgan fingerprint density at radius 2 is 1.55 bits per heavy atom. The largest absolute Gasteiger partial charge is 0.398 e. The van der Waals surface area contributed by atoms with Gasteiger partial charge in [0.1, 0.15) is 0 Å². The minimum absolute atomic E-state index is 0.752. The quantitative estimate of drug-likeness (QED) is 0.772. The number of pyridine rings is 1. The standard InChI is InChI=1S/C20H15N2/c21-20-11-12-22-13-19(20)18-10-4-9-17(18)16-8-3-6-14-5-1-2-7-15(14)16/h1-13H,(H2,21,22). The van der Waals surface area contributed by atoms with Crippen LogP contribution in [0.1, 0.15) is 11.1 Å². The van der Waals surface area contributed by atoms with Crippen molar-refractivity contribution in [3.8, 4) is 0 Å². The summed E-state index contributed by atoms with van der Waals surface area (Å²) in [4.78, 5) is 4.22. The molecule has 1 saturated carbocycles. The van der Waals surface area contributed by atoms with Gasteiger partial charge in [0, 0.05) is 35.5 Å². The molecule has 1 aliphatic rings. The van der Waals surface area contributed by atoms with Crippen molar-refractivity contribution in [1.29, 1.82) is 0 Å². The van der Waals surface area contributed by atoms with Crippen LogP contribution in [0.3, 0.4) is 0 Å². The first-order valence-electron chi connectivity index (χ1n) is 7.28. The summed E-state index contributed by atoms with van der Waals surface area (Å²) in [6, 6.07) is 16.7. The zero-order chi connectivity index (χ0) is 14.9. The Bertz CT molecular complexity index is 804. The van der Waals surface area contributed by atoms with Gasteiger partial charge in [-0.15, -0.1) is 0 Å². The van der Waals surface area contributed by atoms with E-state index in [-0.39, 0.29) is 0 Å². The number of aromatic nitrogens is 1. The minimum Gasteiger partial charge on any atom is -0.398 e. The lowest BCUT2D eigenvalue weighted by Gasteiger charge is -2.21. The summed E-state index contributed by atoms with van der Waals surface area (Å²) in [6.45, 7) is 0. The fraction of sp³-hybridized carbons (Fsp3) is 0. The maximum absolute atomic E-state index is 6.13. The highest BCUT2D eigenvalue weighted by molar-refractivity contribution is 5.90. The third kappa shape index (κ3) is 2.16. The molecule has 0 aliphatic heterocycles. The molecule has 0 bridgehead atoms. The molecule has 22 heavy (non-hydrogen) atoms. The minimum atomic E-state index is 0.752. The summed E-state index contributed by atoms with van der Waals surface area (Å²) in [5.74, 6) is 2.32. The molecule has 5 radical (unpaired) electrons. The van der Waals surface area contributed by atoms with Crippen LogP contribution in [0.4, 0.5) is 5.69 Å². The summed E-state index contributed by atoms with van der Waals surface area (Å²) in [5, 5.41) is 2.49. The maximum Gasteiger partial charge on any atom is 0.0384 e. The van der Waals surface area contributed by atoms with Crippen molar-refractivity contribution < 1.29 is 0 Å². The lowest BCUT2D eigenvalue weighted by molar-refractivity contribution is 1.13. The van der Waals surface area contributed by atoms with Crippen molar-refractivity contribution in [2.24, 2.45) is 0 Å². The number of hydrogen-bond donors (Lipinski definition) is 1.